The van der Waals surface area contributed by atoms with E-state index in [4.69, 9.17) is 4.74 Å². The summed E-state index contributed by atoms with van der Waals surface area (Å²) >= 11 is 0. The number of anilines is 1. The molecule has 0 aliphatic carbocycles. The van der Waals surface area contributed by atoms with Crippen LogP contribution in [0.3, 0.4) is 0 Å². The molecule has 35 heavy (non-hydrogen) atoms. The van der Waals surface area contributed by atoms with Gasteiger partial charge in [0, 0.05) is 53.8 Å². The Kier molecular flexibility index (Phi) is 4.62. The molecule has 0 saturated heterocycles. The van der Waals surface area contributed by atoms with Crippen molar-refractivity contribution in [3.05, 3.63) is 71.6 Å². The monoisotopic (exact) mass is 487 g/mol. The predicted octanol–water partition coefficient (Wildman–Crippen LogP) is 4.28. The summed E-state index contributed by atoms with van der Waals surface area (Å²) in [5.41, 5.74) is 0.418. The fraction of sp³-hybridized carbons (Fsp3) is 0.182. The van der Waals surface area contributed by atoms with Gasteiger partial charge in [-0.1, -0.05) is 0 Å². The zero-order chi connectivity index (χ0) is 24.3. The third kappa shape index (κ3) is 3.50. The highest BCUT2D eigenvalue weighted by Crippen LogP contribution is 2.34. The van der Waals surface area contributed by atoms with E-state index in [0.717, 1.165) is 22.2 Å². The van der Waals surface area contributed by atoms with Crippen molar-refractivity contribution in [3.8, 4) is 16.9 Å². The van der Waals surface area contributed by atoms with Crippen LogP contribution in [0.2, 0.25) is 0 Å². The molecule has 1 N–H and O–H groups in total. The van der Waals surface area contributed by atoms with Crippen molar-refractivity contribution in [2.45, 2.75) is 19.1 Å². The second kappa shape index (κ2) is 7.61. The summed E-state index contributed by atoms with van der Waals surface area (Å²) < 4.78 is 76.3. The van der Waals surface area contributed by atoms with Crippen molar-refractivity contribution in [1.29, 1.82) is 0 Å². The highest BCUT2D eigenvalue weighted by atomic mass is 19.4. The molecular weight excluding hydrogens is 473 g/mol. The maximum absolute atomic E-state index is 14.5. The average molecular weight is 487 g/mol. The second-order valence-electron chi connectivity index (χ2n) is 7.90. The number of aromatic nitrogens is 6. The van der Waals surface area contributed by atoms with E-state index in [2.05, 4.69) is 25.5 Å². The minimum absolute atomic E-state index is 0.0571. The smallest absolute Gasteiger partial charge is 0.434 e. The number of ether oxygens (including phenoxy) is 1. The Morgan fingerprint density at radius 1 is 1.09 bits per heavy atom. The number of alkyl halides is 3. The normalized spacial score (nSPS) is 13.4. The molecule has 0 radical (unpaired) electrons. The van der Waals surface area contributed by atoms with Crippen LogP contribution >= 0.6 is 0 Å². The van der Waals surface area contributed by atoms with Crippen molar-refractivity contribution in [2.75, 3.05) is 11.9 Å². The first-order valence-electron chi connectivity index (χ1n) is 10.4. The minimum atomic E-state index is -4.70. The van der Waals surface area contributed by atoms with Crippen LogP contribution in [0.5, 0.6) is 5.75 Å². The average Bonchev–Trinajstić information content (AvgIpc) is 3.56. The third-order valence-corrected chi connectivity index (χ3v) is 5.80. The van der Waals surface area contributed by atoms with Gasteiger partial charge >= 0.3 is 6.18 Å². The molecule has 6 rings (SSSR count). The lowest BCUT2D eigenvalue weighted by Crippen LogP contribution is -2.10. The Morgan fingerprint density at radius 2 is 1.94 bits per heavy atom. The van der Waals surface area contributed by atoms with Crippen LogP contribution in [0.25, 0.3) is 22.4 Å². The first-order chi connectivity index (χ1) is 16.8. The minimum Gasteiger partial charge on any atom is -0.493 e. The first kappa shape index (κ1) is 21.3. The molecule has 178 valence electrons. The number of fused-ring (bicyclic) bond motifs is 3. The van der Waals surface area contributed by atoms with Crippen molar-refractivity contribution < 1.29 is 26.7 Å². The van der Waals surface area contributed by atoms with Gasteiger partial charge in [0.2, 0.25) is 5.95 Å². The summed E-state index contributed by atoms with van der Waals surface area (Å²) in [5, 5.41) is 10.9. The Bertz CT molecular complexity index is 1610. The van der Waals surface area contributed by atoms with Crippen molar-refractivity contribution in [1.82, 2.24) is 29.0 Å². The summed E-state index contributed by atoms with van der Waals surface area (Å²) in [6.07, 6.45) is 0.168. The van der Waals surface area contributed by atoms with Gasteiger partial charge < -0.3 is 14.5 Å². The number of halogens is 5. The van der Waals surface area contributed by atoms with Gasteiger partial charge in [-0.25, -0.2) is 18.7 Å². The van der Waals surface area contributed by atoms with Crippen LogP contribution in [-0.4, -0.2) is 35.6 Å². The highest BCUT2D eigenvalue weighted by Gasteiger charge is 2.34. The molecule has 13 heteroatoms. The molecule has 8 nitrogen and oxygen atoms in total. The van der Waals surface area contributed by atoms with Crippen LogP contribution in [0.15, 0.2) is 43.1 Å². The summed E-state index contributed by atoms with van der Waals surface area (Å²) in [4.78, 5) is 7.97. The van der Waals surface area contributed by atoms with Gasteiger partial charge in [0.05, 0.1) is 6.61 Å². The zero-order valence-corrected chi connectivity index (χ0v) is 17.6. The van der Waals surface area contributed by atoms with E-state index in [9.17, 15) is 22.0 Å². The molecule has 5 aromatic rings. The largest absolute Gasteiger partial charge is 0.493 e. The fourth-order valence-electron chi connectivity index (χ4n) is 4.21. The number of hydrogen-bond donors (Lipinski definition) is 1. The molecule has 0 bridgehead atoms. The van der Waals surface area contributed by atoms with Gasteiger partial charge in [0.15, 0.2) is 11.3 Å². The maximum atomic E-state index is 14.5. The number of rotatable bonds is 4. The lowest BCUT2D eigenvalue weighted by atomic mass is 10.0. The van der Waals surface area contributed by atoms with E-state index in [1.54, 1.807) is 6.07 Å². The Hall–Kier alpha value is -4.29. The first-order valence-corrected chi connectivity index (χ1v) is 10.4. The maximum Gasteiger partial charge on any atom is 0.434 e. The number of imidazole rings is 1. The molecule has 0 amide bonds. The van der Waals surface area contributed by atoms with Crippen molar-refractivity contribution >= 4 is 17.2 Å². The predicted molar refractivity (Wildman–Crippen MR) is 113 cm³/mol. The molecule has 0 unspecified atom stereocenters. The van der Waals surface area contributed by atoms with Crippen molar-refractivity contribution in [3.63, 3.8) is 0 Å². The lowest BCUT2D eigenvalue weighted by Gasteiger charge is -2.13. The number of hydrogen-bond acceptors (Lipinski definition) is 6. The van der Waals surface area contributed by atoms with Gasteiger partial charge in [-0.15, -0.1) is 10.2 Å². The van der Waals surface area contributed by atoms with E-state index in [-0.39, 0.29) is 40.7 Å². The van der Waals surface area contributed by atoms with E-state index in [0.29, 0.717) is 30.5 Å². The zero-order valence-electron chi connectivity index (χ0n) is 17.6. The summed E-state index contributed by atoms with van der Waals surface area (Å²) in [6, 6.07) is 3.98. The number of benzene rings is 1. The third-order valence-electron chi connectivity index (χ3n) is 5.80. The van der Waals surface area contributed by atoms with Crippen LogP contribution in [0.4, 0.5) is 27.9 Å². The molecule has 0 saturated carbocycles. The number of nitrogens with zero attached hydrogens (tertiary/aromatic N) is 6. The summed E-state index contributed by atoms with van der Waals surface area (Å²) in [6.45, 7) is 0.567. The lowest BCUT2D eigenvalue weighted by molar-refractivity contribution is -0.140. The van der Waals surface area contributed by atoms with Gasteiger partial charge in [-0.2, -0.15) is 13.2 Å². The number of nitrogens with one attached hydrogen (secondary N) is 1. The van der Waals surface area contributed by atoms with E-state index >= 15 is 0 Å². The van der Waals surface area contributed by atoms with E-state index < -0.39 is 17.7 Å². The van der Waals surface area contributed by atoms with Gasteiger partial charge in [-0.05, 0) is 18.2 Å². The molecule has 1 aromatic carbocycles. The topological polar surface area (TPSA) is 81.6 Å². The van der Waals surface area contributed by atoms with Crippen LogP contribution in [0.1, 0.15) is 16.8 Å². The van der Waals surface area contributed by atoms with Gasteiger partial charge in [0.1, 0.15) is 29.4 Å². The Morgan fingerprint density at radius 3 is 2.77 bits per heavy atom. The van der Waals surface area contributed by atoms with Crippen LogP contribution < -0.4 is 10.1 Å². The SMILES string of the molecule is Fc1cc(-c2cnc(NCc3c(F)ccc4c3CCO4)n3cnnc23)c2nc(C(F)(F)F)cn2c1. The molecular formula is C22H14F5N7O. The molecule has 1 aliphatic heterocycles. The fourth-order valence-corrected chi connectivity index (χ4v) is 4.21. The van der Waals surface area contributed by atoms with E-state index in [1.165, 1.54) is 23.0 Å². The molecule has 1 aliphatic rings. The van der Waals surface area contributed by atoms with Crippen LogP contribution in [0, 0.1) is 11.6 Å². The molecule has 5 heterocycles. The number of pyridine rings is 1. The Balaban J connectivity index is 1.41. The summed E-state index contributed by atoms with van der Waals surface area (Å²) in [7, 11) is 0. The summed E-state index contributed by atoms with van der Waals surface area (Å²) in [5.74, 6) is -0.264. The molecule has 0 spiro atoms. The van der Waals surface area contributed by atoms with E-state index in [1.807, 2.05) is 0 Å². The quantitative estimate of drug-likeness (QED) is 0.381. The standard InChI is InChI=1S/C22H14F5N7O/c23-11-5-13(19-31-18(22(25,26)27)9-33(19)8-11)15-7-29-21(34-10-30-32-20(15)34)28-6-14-12-3-4-35-17(12)2-1-16(14)24/h1-2,5,7-10H,3-4,6H2,(H,28,29). The highest BCUT2D eigenvalue weighted by molar-refractivity contribution is 5.86. The van der Waals surface area contributed by atoms with Gasteiger partial charge in [0.25, 0.3) is 0 Å². The molecule has 4 aromatic heterocycles. The van der Waals surface area contributed by atoms with Crippen LogP contribution in [-0.2, 0) is 19.1 Å². The van der Waals surface area contributed by atoms with Gasteiger partial charge in [-0.3, -0.25) is 4.40 Å². The molecule has 0 atom stereocenters. The second-order valence-corrected chi connectivity index (χ2v) is 7.90. The Labute approximate surface area is 193 Å². The van der Waals surface area contributed by atoms with Crippen molar-refractivity contribution in [2.24, 2.45) is 0 Å². The molecule has 0 fully saturated rings.